The van der Waals surface area contributed by atoms with E-state index in [4.69, 9.17) is 4.74 Å². The van der Waals surface area contributed by atoms with Gasteiger partial charge < -0.3 is 14.2 Å². The van der Waals surface area contributed by atoms with Crippen LogP contribution in [0.25, 0.3) is 22.4 Å². The van der Waals surface area contributed by atoms with Gasteiger partial charge in [0, 0.05) is 33.2 Å². The number of piperazine rings is 1. The molecule has 0 amide bonds. The predicted molar refractivity (Wildman–Crippen MR) is 126 cm³/mol. The molecule has 178 valence electrons. The molecule has 1 saturated heterocycles. The quantitative estimate of drug-likeness (QED) is 0.553. The van der Waals surface area contributed by atoms with E-state index >= 15 is 0 Å². The lowest BCUT2D eigenvalue weighted by molar-refractivity contribution is 0.222. The first-order valence-corrected chi connectivity index (χ1v) is 12.6. The van der Waals surface area contributed by atoms with Crippen molar-refractivity contribution < 1.29 is 13.2 Å². The Morgan fingerprint density at radius 3 is 2.52 bits per heavy atom. The molecule has 2 aromatic heterocycles. The number of benzene rings is 1. The molecule has 3 aromatic rings. The highest BCUT2D eigenvalue weighted by Gasteiger charge is 2.29. The molecule has 1 aliphatic heterocycles. The number of aromatic amines is 1. The Morgan fingerprint density at radius 1 is 1.12 bits per heavy atom. The molecular formula is C22H30N6O4S. The summed E-state index contributed by atoms with van der Waals surface area (Å²) in [5, 5.41) is 7.10. The lowest BCUT2D eigenvalue weighted by Gasteiger charge is -2.31. The van der Waals surface area contributed by atoms with Gasteiger partial charge in [0.05, 0.1) is 28.3 Å². The minimum Gasteiger partial charge on any atom is -0.493 e. The monoisotopic (exact) mass is 474 g/mol. The Morgan fingerprint density at radius 2 is 1.85 bits per heavy atom. The van der Waals surface area contributed by atoms with E-state index in [2.05, 4.69) is 20.1 Å². The summed E-state index contributed by atoms with van der Waals surface area (Å²) in [5.41, 5.74) is 1.79. The van der Waals surface area contributed by atoms with E-state index in [0.717, 1.165) is 12.1 Å². The van der Waals surface area contributed by atoms with Crippen LogP contribution < -0.4 is 10.3 Å². The fraction of sp³-hybridized carbons (Fsp3) is 0.500. The van der Waals surface area contributed by atoms with Crippen molar-refractivity contribution in [1.29, 1.82) is 0 Å². The zero-order valence-corrected chi connectivity index (χ0v) is 20.3. The summed E-state index contributed by atoms with van der Waals surface area (Å²) in [5.74, 6) is 0.808. The van der Waals surface area contributed by atoms with Gasteiger partial charge in [-0.15, -0.1) is 0 Å². The topological polar surface area (TPSA) is 113 Å². The molecule has 4 rings (SSSR count). The molecule has 0 spiro atoms. The van der Waals surface area contributed by atoms with Gasteiger partial charge in [0.1, 0.15) is 17.1 Å². The van der Waals surface area contributed by atoms with Crippen molar-refractivity contribution in [2.45, 2.75) is 31.6 Å². The van der Waals surface area contributed by atoms with Gasteiger partial charge in [0.2, 0.25) is 10.0 Å². The number of hydrogen-bond donors (Lipinski definition) is 1. The summed E-state index contributed by atoms with van der Waals surface area (Å²) in [6.07, 6.45) is 1.57. The Balaban J connectivity index is 1.88. The average molecular weight is 475 g/mol. The SMILES string of the molecule is CCCc1n[nH]c2c(=O)nc(-c3cc(S(=O)(=O)N4CCN(C)CC4)ccc3OCC)n(C)c12. The van der Waals surface area contributed by atoms with Gasteiger partial charge in [0.15, 0.2) is 0 Å². The number of nitrogens with one attached hydrogen (secondary N) is 1. The fourth-order valence-electron chi connectivity index (χ4n) is 4.17. The minimum absolute atomic E-state index is 0.154. The van der Waals surface area contributed by atoms with Crippen LogP contribution in [-0.2, 0) is 23.5 Å². The van der Waals surface area contributed by atoms with Crippen LogP contribution in [0.1, 0.15) is 26.0 Å². The number of ether oxygens (including phenoxy) is 1. The normalized spacial score (nSPS) is 15.9. The largest absolute Gasteiger partial charge is 0.493 e. The molecule has 33 heavy (non-hydrogen) atoms. The number of H-pyrrole nitrogens is 1. The van der Waals surface area contributed by atoms with Gasteiger partial charge >= 0.3 is 0 Å². The molecule has 0 radical (unpaired) electrons. The molecule has 0 bridgehead atoms. The van der Waals surface area contributed by atoms with E-state index in [1.165, 1.54) is 4.31 Å². The number of nitrogens with zero attached hydrogens (tertiary/aromatic N) is 5. The molecule has 0 saturated carbocycles. The molecular weight excluding hydrogens is 444 g/mol. The smallest absolute Gasteiger partial charge is 0.299 e. The molecule has 1 aliphatic rings. The Bertz CT molecular complexity index is 1320. The van der Waals surface area contributed by atoms with Crippen molar-refractivity contribution in [2.75, 3.05) is 39.8 Å². The molecule has 10 nitrogen and oxygen atoms in total. The minimum atomic E-state index is -3.70. The Labute approximate surface area is 193 Å². The molecule has 11 heteroatoms. The van der Waals surface area contributed by atoms with Gasteiger partial charge in [-0.3, -0.25) is 9.89 Å². The standard InChI is InChI=1S/C22H30N6O4S/c1-5-7-17-20-19(25-24-17)22(29)23-21(27(20)4)16-14-15(8-9-18(16)32-6-2)33(30,31)28-12-10-26(3)11-13-28/h8-9,14H,5-7,10-13H2,1-4H3,(H,24,25). The van der Waals surface area contributed by atoms with Crippen LogP contribution in [0.4, 0.5) is 0 Å². The van der Waals surface area contributed by atoms with Crippen molar-refractivity contribution >= 4 is 21.1 Å². The Hall–Kier alpha value is -2.76. The first-order chi connectivity index (χ1) is 15.8. The maximum absolute atomic E-state index is 13.4. The first kappa shape index (κ1) is 23.4. The number of aryl methyl sites for hydroxylation is 2. The maximum atomic E-state index is 13.4. The lowest BCUT2D eigenvalue weighted by atomic mass is 10.1. The molecule has 1 N–H and O–H groups in total. The third-order valence-electron chi connectivity index (χ3n) is 5.97. The third kappa shape index (κ3) is 4.28. The summed E-state index contributed by atoms with van der Waals surface area (Å²) in [6, 6.07) is 4.76. The van der Waals surface area contributed by atoms with E-state index in [9.17, 15) is 13.2 Å². The first-order valence-electron chi connectivity index (χ1n) is 11.2. The van der Waals surface area contributed by atoms with E-state index in [1.54, 1.807) is 29.8 Å². The van der Waals surface area contributed by atoms with E-state index in [0.29, 0.717) is 67.4 Å². The fourth-order valence-corrected chi connectivity index (χ4v) is 5.62. The van der Waals surface area contributed by atoms with Crippen LogP contribution >= 0.6 is 0 Å². The second-order valence-corrected chi connectivity index (χ2v) is 10.2. The molecule has 0 atom stereocenters. The van der Waals surface area contributed by atoms with Gasteiger partial charge in [0.25, 0.3) is 5.56 Å². The zero-order chi connectivity index (χ0) is 23.8. The third-order valence-corrected chi connectivity index (χ3v) is 7.86. The lowest BCUT2D eigenvalue weighted by Crippen LogP contribution is -2.47. The summed E-state index contributed by atoms with van der Waals surface area (Å²) >= 11 is 0. The van der Waals surface area contributed by atoms with Gasteiger partial charge in [-0.1, -0.05) is 13.3 Å². The van der Waals surface area contributed by atoms with Crippen LogP contribution in [-0.4, -0.2) is 77.2 Å². The number of rotatable bonds is 7. The summed E-state index contributed by atoms with van der Waals surface area (Å²) in [6.45, 7) is 6.50. The van der Waals surface area contributed by atoms with Crippen molar-refractivity contribution in [3.63, 3.8) is 0 Å². The van der Waals surface area contributed by atoms with Crippen LogP contribution in [0, 0.1) is 0 Å². The van der Waals surface area contributed by atoms with Crippen molar-refractivity contribution in [2.24, 2.45) is 7.05 Å². The van der Waals surface area contributed by atoms with Crippen molar-refractivity contribution in [3.05, 3.63) is 34.2 Å². The van der Waals surface area contributed by atoms with E-state index < -0.39 is 15.6 Å². The number of sulfonamides is 1. The summed E-state index contributed by atoms with van der Waals surface area (Å²) in [7, 11) is 0.0762. The predicted octanol–water partition coefficient (Wildman–Crippen LogP) is 1.61. The van der Waals surface area contributed by atoms with Gasteiger partial charge in [-0.25, -0.2) is 8.42 Å². The van der Waals surface area contributed by atoms with Crippen molar-refractivity contribution in [3.8, 4) is 17.1 Å². The number of likely N-dealkylation sites (N-methyl/N-ethyl adjacent to an activating group) is 1. The van der Waals surface area contributed by atoms with E-state index in [1.807, 2.05) is 20.9 Å². The molecule has 1 fully saturated rings. The second kappa shape index (κ2) is 9.24. The van der Waals surface area contributed by atoms with Crippen molar-refractivity contribution in [1.82, 2.24) is 29.0 Å². The molecule has 3 heterocycles. The number of fused-ring (bicyclic) bond motifs is 1. The van der Waals surface area contributed by atoms with Gasteiger partial charge in [-0.05, 0) is 38.6 Å². The Kier molecular flexibility index (Phi) is 6.55. The van der Waals surface area contributed by atoms with Crippen LogP contribution in [0.15, 0.2) is 27.9 Å². The highest BCUT2D eigenvalue weighted by Crippen LogP contribution is 2.33. The van der Waals surface area contributed by atoms with Crippen LogP contribution in [0.5, 0.6) is 5.75 Å². The van der Waals surface area contributed by atoms with E-state index in [-0.39, 0.29) is 4.90 Å². The maximum Gasteiger partial charge on any atom is 0.299 e. The van der Waals surface area contributed by atoms with Crippen LogP contribution in [0.2, 0.25) is 0 Å². The summed E-state index contributed by atoms with van der Waals surface area (Å²) < 4.78 is 35.8. The highest BCUT2D eigenvalue weighted by molar-refractivity contribution is 7.89. The molecule has 0 unspecified atom stereocenters. The highest BCUT2D eigenvalue weighted by atomic mass is 32.2. The number of aromatic nitrogens is 4. The second-order valence-electron chi connectivity index (χ2n) is 8.24. The number of hydrogen-bond acceptors (Lipinski definition) is 7. The summed E-state index contributed by atoms with van der Waals surface area (Å²) in [4.78, 5) is 19.3. The average Bonchev–Trinajstić information content (AvgIpc) is 3.22. The van der Waals surface area contributed by atoms with Crippen LogP contribution in [0.3, 0.4) is 0 Å². The zero-order valence-electron chi connectivity index (χ0n) is 19.5. The molecule has 0 aliphatic carbocycles. The van der Waals surface area contributed by atoms with Gasteiger partial charge in [-0.2, -0.15) is 14.4 Å². The molecule has 1 aromatic carbocycles.